The van der Waals surface area contributed by atoms with E-state index in [9.17, 15) is 0 Å². The van der Waals surface area contributed by atoms with E-state index in [0.29, 0.717) is 12.1 Å². The Morgan fingerprint density at radius 3 is 2.86 bits per heavy atom. The summed E-state index contributed by atoms with van der Waals surface area (Å²) in [5, 5.41) is 8.96. The molecule has 5 nitrogen and oxygen atoms in total. The van der Waals surface area contributed by atoms with Crippen LogP contribution in [0.5, 0.6) is 0 Å². The smallest absolute Gasteiger partial charge is 0.129 e. The minimum atomic E-state index is 0.608. The number of benzene rings is 1. The Morgan fingerprint density at radius 2 is 2.10 bits per heavy atom. The number of aryl methyl sites for hydroxylation is 1. The Hall–Kier alpha value is -2.87. The molecule has 0 saturated carbocycles. The molecule has 104 valence electrons. The molecule has 0 atom stereocenters. The molecule has 0 aliphatic carbocycles. The van der Waals surface area contributed by atoms with E-state index in [1.165, 1.54) is 0 Å². The third-order valence-corrected chi connectivity index (χ3v) is 3.52. The number of hydrogen-bond acceptors (Lipinski definition) is 4. The number of para-hydroxylation sites is 2. The van der Waals surface area contributed by atoms with E-state index in [-0.39, 0.29) is 0 Å². The van der Waals surface area contributed by atoms with Gasteiger partial charge in [0.25, 0.3) is 0 Å². The van der Waals surface area contributed by atoms with Gasteiger partial charge in [0.05, 0.1) is 29.2 Å². The average molecular weight is 277 g/mol. The van der Waals surface area contributed by atoms with Crippen molar-refractivity contribution in [2.75, 3.05) is 11.9 Å². The van der Waals surface area contributed by atoms with E-state index >= 15 is 0 Å². The number of rotatable bonds is 3. The number of nitriles is 1. The van der Waals surface area contributed by atoms with Gasteiger partial charge in [-0.15, -0.1) is 0 Å². The van der Waals surface area contributed by atoms with Gasteiger partial charge in [0.15, 0.2) is 0 Å². The summed E-state index contributed by atoms with van der Waals surface area (Å²) in [6, 6.07) is 13.7. The van der Waals surface area contributed by atoms with Gasteiger partial charge in [0.2, 0.25) is 0 Å². The molecule has 0 unspecified atom stereocenters. The molecule has 0 bridgehead atoms. The predicted molar refractivity (Wildman–Crippen MR) is 81.8 cm³/mol. The van der Waals surface area contributed by atoms with E-state index in [2.05, 4.69) is 26.7 Å². The highest BCUT2D eigenvalue weighted by molar-refractivity contribution is 5.75. The fourth-order valence-corrected chi connectivity index (χ4v) is 2.33. The molecule has 5 heteroatoms. The summed E-state index contributed by atoms with van der Waals surface area (Å²) in [6.07, 6.45) is 1.65. The van der Waals surface area contributed by atoms with Crippen LogP contribution < -0.4 is 4.90 Å². The monoisotopic (exact) mass is 277 g/mol. The van der Waals surface area contributed by atoms with Crippen LogP contribution in [0, 0.1) is 11.3 Å². The van der Waals surface area contributed by atoms with Gasteiger partial charge >= 0.3 is 0 Å². The maximum Gasteiger partial charge on any atom is 0.129 e. The summed E-state index contributed by atoms with van der Waals surface area (Å²) in [5.74, 6) is 1.73. The van der Waals surface area contributed by atoms with Gasteiger partial charge in [-0.2, -0.15) is 5.26 Å². The standard InChI is InChI=1S/C16H15N5/c1-20(15-9-12(10-17)7-8-18-15)11-16-19-13-5-3-4-6-14(13)21(16)2/h3-9H,11H2,1-2H3. The molecular formula is C16H15N5. The van der Waals surface area contributed by atoms with Crippen molar-refractivity contribution < 1.29 is 0 Å². The van der Waals surface area contributed by atoms with Crippen molar-refractivity contribution in [3.63, 3.8) is 0 Å². The molecule has 3 rings (SSSR count). The second-order valence-electron chi connectivity index (χ2n) is 4.95. The summed E-state index contributed by atoms with van der Waals surface area (Å²) in [6.45, 7) is 0.632. The lowest BCUT2D eigenvalue weighted by molar-refractivity contribution is 0.768. The second kappa shape index (κ2) is 5.25. The molecule has 0 fully saturated rings. The molecule has 0 N–H and O–H groups in total. The molecule has 0 spiro atoms. The Labute approximate surface area is 123 Å². The van der Waals surface area contributed by atoms with Crippen LogP contribution in [-0.4, -0.2) is 21.6 Å². The molecule has 1 aromatic carbocycles. The maximum atomic E-state index is 8.96. The Morgan fingerprint density at radius 1 is 1.29 bits per heavy atom. The predicted octanol–water partition coefficient (Wildman–Crippen LogP) is 2.48. The lowest BCUT2D eigenvalue weighted by Gasteiger charge is -2.17. The summed E-state index contributed by atoms with van der Waals surface area (Å²) in [7, 11) is 3.96. The Balaban J connectivity index is 1.91. The minimum Gasteiger partial charge on any atom is -0.352 e. The van der Waals surface area contributed by atoms with Gasteiger partial charge in [0, 0.05) is 20.3 Å². The first kappa shape index (κ1) is 13.1. The minimum absolute atomic E-state index is 0.608. The van der Waals surface area contributed by atoms with E-state index in [1.54, 1.807) is 18.3 Å². The zero-order chi connectivity index (χ0) is 14.8. The first-order chi connectivity index (χ1) is 10.2. The topological polar surface area (TPSA) is 57.7 Å². The van der Waals surface area contributed by atoms with Crippen LogP contribution in [0.3, 0.4) is 0 Å². The van der Waals surface area contributed by atoms with Gasteiger partial charge in [0.1, 0.15) is 11.6 Å². The number of nitrogens with zero attached hydrogens (tertiary/aromatic N) is 5. The van der Waals surface area contributed by atoms with Crippen LogP contribution >= 0.6 is 0 Å². The molecule has 21 heavy (non-hydrogen) atoms. The fraction of sp³-hybridized carbons (Fsp3) is 0.188. The molecule has 0 aliphatic rings. The number of imidazole rings is 1. The molecule has 2 aromatic heterocycles. The highest BCUT2D eigenvalue weighted by Crippen LogP contribution is 2.18. The van der Waals surface area contributed by atoms with Crippen molar-refractivity contribution in [1.82, 2.24) is 14.5 Å². The van der Waals surface area contributed by atoms with Gasteiger partial charge in [-0.3, -0.25) is 0 Å². The maximum absolute atomic E-state index is 8.96. The second-order valence-corrected chi connectivity index (χ2v) is 4.95. The molecule has 0 aliphatic heterocycles. The molecule has 0 radical (unpaired) electrons. The summed E-state index contributed by atoms with van der Waals surface area (Å²) >= 11 is 0. The van der Waals surface area contributed by atoms with Crippen LogP contribution in [0.15, 0.2) is 42.6 Å². The average Bonchev–Trinajstić information content (AvgIpc) is 2.84. The third-order valence-electron chi connectivity index (χ3n) is 3.52. The summed E-state index contributed by atoms with van der Waals surface area (Å²) in [4.78, 5) is 10.9. The first-order valence-corrected chi connectivity index (χ1v) is 6.66. The number of fused-ring (bicyclic) bond motifs is 1. The van der Waals surface area contributed by atoms with Crippen LogP contribution in [0.25, 0.3) is 11.0 Å². The van der Waals surface area contributed by atoms with Crippen molar-refractivity contribution in [2.24, 2.45) is 7.05 Å². The zero-order valence-electron chi connectivity index (χ0n) is 12.0. The summed E-state index contributed by atoms with van der Waals surface area (Å²) in [5.41, 5.74) is 2.71. The van der Waals surface area contributed by atoms with Crippen molar-refractivity contribution >= 4 is 16.9 Å². The lowest BCUT2D eigenvalue weighted by atomic mass is 10.3. The molecular weight excluding hydrogens is 262 g/mol. The van der Waals surface area contributed by atoms with E-state index in [1.807, 2.05) is 37.2 Å². The van der Waals surface area contributed by atoms with E-state index in [0.717, 1.165) is 22.7 Å². The van der Waals surface area contributed by atoms with E-state index in [4.69, 9.17) is 5.26 Å². The Bertz CT molecular complexity index is 828. The van der Waals surface area contributed by atoms with Crippen LogP contribution in [-0.2, 0) is 13.6 Å². The fourth-order valence-electron chi connectivity index (χ4n) is 2.33. The Kier molecular flexibility index (Phi) is 3.28. The molecule has 2 heterocycles. The highest BCUT2D eigenvalue weighted by atomic mass is 15.2. The summed E-state index contributed by atoms with van der Waals surface area (Å²) < 4.78 is 2.08. The highest BCUT2D eigenvalue weighted by Gasteiger charge is 2.11. The zero-order valence-corrected chi connectivity index (χ0v) is 12.0. The van der Waals surface area contributed by atoms with Crippen molar-refractivity contribution in [3.05, 3.63) is 54.0 Å². The SMILES string of the molecule is CN(Cc1nc2ccccc2n1C)c1cc(C#N)ccn1. The van der Waals surface area contributed by atoms with Crippen molar-refractivity contribution in [3.8, 4) is 6.07 Å². The third kappa shape index (κ3) is 2.43. The van der Waals surface area contributed by atoms with Crippen LogP contribution in [0.4, 0.5) is 5.82 Å². The lowest BCUT2D eigenvalue weighted by Crippen LogP contribution is -2.20. The molecule has 0 amide bonds. The molecule has 0 saturated heterocycles. The first-order valence-electron chi connectivity index (χ1n) is 6.66. The number of anilines is 1. The van der Waals surface area contributed by atoms with Gasteiger partial charge in [-0.05, 0) is 24.3 Å². The van der Waals surface area contributed by atoms with Crippen molar-refractivity contribution in [2.45, 2.75) is 6.54 Å². The number of aromatic nitrogens is 3. The van der Waals surface area contributed by atoms with Crippen LogP contribution in [0.2, 0.25) is 0 Å². The van der Waals surface area contributed by atoms with Gasteiger partial charge in [-0.25, -0.2) is 9.97 Å². The largest absolute Gasteiger partial charge is 0.352 e. The van der Waals surface area contributed by atoms with E-state index < -0.39 is 0 Å². The van der Waals surface area contributed by atoms with Crippen LogP contribution in [0.1, 0.15) is 11.4 Å². The van der Waals surface area contributed by atoms with Gasteiger partial charge in [-0.1, -0.05) is 12.1 Å². The number of pyridine rings is 1. The molecule has 3 aromatic rings. The quantitative estimate of drug-likeness (QED) is 0.738. The normalized spacial score (nSPS) is 10.5. The van der Waals surface area contributed by atoms with Crippen molar-refractivity contribution in [1.29, 1.82) is 5.26 Å². The van der Waals surface area contributed by atoms with Gasteiger partial charge < -0.3 is 9.47 Å². The number of hydrogen-bond donors (Lipinski definition) is 0.